The SMILES string of the molecule is CCCCC(=O)C(OC(N)=O)c1ccccc1. The fourth-order valence-corrected chi connectivity index (χ4v) is 1.55. The fraction of sp³-hybridized carbons (Fsp3) is 0.385. The molecule has 1 aromatic rings. The van der Waals surface area contributed by atoms with Crippen LogP contribution in [0.2, 0.25) is 0 Å². The van der Waals surface area contributed by atoms with E-state index >= 15 is 0 Å². The van der Waals surface area contributed by atoms with Crippen molar-refractivity contribution >= 4 is 11.9 Å². The summed E-state index contributed by atoms with van der Waals surface area (Å²) in [5.41, 5.74) is 5.64. The zero-order chi connectivity index (χ0) is 12.7. The molecule has 4 heteroatoms. The first-order chi connectivity index (χ1) is 8.15. The van der Waals surface area contributed by atoms with Gasteiger partial charge in [-0.2, -0.15) is 0 Å². The maximum absolute atomic E-state index is 11.9. The van der Waals surface area contributed by atoms with Crippen molar-refractivity contribution in [1.82, 2.24) is 0 Å². The molecule has 17 heavy (non-hydrogen) atoms. The normalized spacial score (nSPS) is 11.8. The van der Waals surface area contributed by atoms with Crippen molar-refractivity contribution in [1.29, 1.82) is 0 Å². The second kappa shape index (κ2) is 6.68. The first kappa shape index (κ1) is 13.2. The average molecular weight is 235 g/mol. The van der Waals surface area contributed by atoms with Gasteiger partial charge in [-0.05, 0) is 6.42 Å². The van der Waals surface area contributed by atoms with Crippen LogP contribution in [0.5, 0.6) is 0 Å². The maximum Gasteiger partial charge on any atom is 0.405 e. The van der Waals surface area contributed by atoms with Crippen LogP contribution >= 0.6 is 0 Å². The summed E-state index contributed by atoms with van der Waals surface area (Å²) in [6.07, 6.45) is 0.293. The van der Waals surface area contributed by atoms with Crippen molar-refractivity contribution in [3.8, 4) is 0 Å². The van der Waals surface area contributed by atoms with Crippen LogP contribution in [-0.4, -0.2) is 11.9 Å². The number of rotatable bonds is 6. The zero-order valence-electron chi connectivity index (χ0n) is 9.89. The highest BCUT2D eigenvalue weighted by Gasteiger charge is 2.22. The number of carbonyl (C=O) groups excluding carboxylic acids is 2. The number of Topliss-reactive ketones (excluding diaryl/α,β-unsaturated/α-hetero) is 1. The van der Waals surface area contributed by atoms with Crippen molar-refractivity contribution in [3.63, 3.8) is 0 Å². The molecule has 1 amide bonds. The van der Waals surface area contributed by atoms with Gasteiger partial charge in [0.25, 0.3) is 0 Å². The molecule has 1 atom stereocenters. The van der Waals surface area contributed by atoms with Crippen LogP contribution in [0.4, 0.5) is 4.79 Å². The van der Waals surface area contributed by atoms with Crippen LogP contribution in [0, 0.1) is 0 Å². The lowest BCUT2D eigenvalue weighted by molar-refractivity contribution is -0.127. The molecule has 0 aliphatic carbocycles. The van der Waals surface area contributed by atoms with E-state index in [-0.39, 0.29) is 5.78 Å². The predicted molar refractivity (Wildman–Crippen MR) is 64.4 cm³/mol. The lowest BCUT2D eigenvalue weighted by Crippen LogP contribution is -2.23. The van der Waals surface area contributed by atoms with Crippen LogP contribution in [0.25, 0.3) is 0 Å². The topological polar surface area (TPSA) is 69.4 Å². The van der Waals surface area contributed by atoms with E-state index in [1.54, 1.807) is 24.3 Å². The van der Waals surface area contributed by atoms with E-state index in [1.807, 2.05) is 13.0 Å². The number of unbranched alkanes of at least 4 members (excludes halogenated alkanes) is 1. The van der Waals surface area contributed by atoms with Crippen molar-refractivity contribution in [2.75, 3.05) is 0 Å². The van der Waals surface area contributed by atoms with Gasteiger partial charge in [0, 0.05) is 12.0 Å². The van der Waals surface area contributed by atoms with Gasteiger partial charge in [0.15, 0.2) is 11.9 Å². The second-order valence-corrected chi connectivity index (χ2v) is 3.80. The van der Waals surface area contributed by atoms with Gasteiger partial charge in [-0.25, -0.2) is 4.79 Å². The minimum absolute atomic E-state index is 0.114. The molecule has 92 valence electrons. The van der Waals surface area contributed by atoms with Gasteiger partial charge in [-0.1, -0.05) is 43.7 Å². The van der Waals surface area contributed by atoms with Gasteiger partial charge in [0.1, 0.15) is 0 Å². The molecular weight excluding hydrogens is 218 g/mol. The van der Waals surface area contributed by atoms with Crippen LogP contribution in [0.3, 0.4) is 0 Å². The molecule has 2 N–H and O–H groups in total. The zero-order valence-corrected chi connectivity index (χ0v) is 9.89. The first-order valence-electron chi connectivity index (χ1n) is 5.69. The number of ketones is 1. The van der Waals surface area contributed by atoms with E-state index in [2.05, 4.69) is 0 Å². The van der Waals surface area contributed by atoms with E-state index in [9.17, 15) is 9.59 Å². The van der Waals surface area contributed by atoms with E-state index < -0.39 is 12.2 Å². The lowest BCUT2D eigenvalue weighted by atomic mass is 10.0. The monoisotopic (exact) mass is 235 g/mol. The molecule has 1 rings (SSSR count). The summed E-state index contributed by atoms with van der Waals surface area (Å²) in [5.74, 6) is -0.114. The lowest BCUT2D eigenvalue weighted by Gasteiger charge is -2.15. The molecule has 0 spiro atoms. The first-order valence-corrected chi connectivity index (χ1v) is 5.69. The Kier molecular flexibility index (Phi) is 5.20. The van der Waals surface area contributed by atoms with Gasteiger partial charge >= 0.3 is 6.09 Å². The van der Waals surface area contributed by atoms with Gasteiger partial charge in [-0.3, -0.25) is 4.79 Å². The molecule has 0 radical (unpaired) electrons. The van der Waals surface area contributed by atoms with Crippen molar-refractivity contribution in [2.45, 2.75) is 32.3 Å². The second-order valence-electron chi connectivity index (χ2n) is 3.80. The molecule has 0 bridgehead atoms. The van der Waals surface area contributed by atoms with Crippen molar-refractivity contribution in [3.05, 3.63) is 35.9 Å². The quantitative estimate of drug-likeness (QED) is 0.823. The van der Waals surface area contributed by atoms with Gasteiger partial charge in [-0.15, -0.1) is 0 Å². The van der Waals surface area contributed by atoms with E-state index in [0.717, 1.165) is 12.8 Å². The number of nitrogens with two attached hydrogens (primary N) is 1. The summed E-state index contributed by atoms with van der Waals surface area (Å²) in [5, 5.41) is 0. The third kappa shape index (κ3) is 4.26. The molecule has 4 nitrogen and oxygen atoms in total. The standard InChI is InChI=1S/C13H17NO3/c1-2-3-9-11(15)12(17-13(14)16)10-7-5-4-6-8-10/h4-8,12H,2-3,9H2,1H3,(H2,14,16). The fourth-order valence-electron chi connectivity index (χ4n) is 1.55. The largest absolute Gasteiger partial charge is 0.433 e. The van der Waals surface area contributed by atoms with Gasteiger partial charge < -0.3 is 10.5 Å². The summed E-state index contributed by atoms with van der Waals surface area (Å²) < 4.78 is 4.88. The summed E-state index contributed by atoms with van der Waals surface area (Å²) in [4.78, 5) is 22.7. The van der Waals surface area contributed by atoms with Crippen LogP contribution in [0.1, 0.15) is 37.9 Å². The molecule has 0 aromatic heterocycles. The van der Waals surface area contributed by atoms with Crippen molar-refractivity contribution in [2.24, 2.45) is 5.73 Å². The van der Waals surface area contributed by atoms with E-state index in [4.69, 9.17) is 10.5 Å². The third-order valence-corrected chi connectivity index (χ3v) is 2.41. The Labute approximate surface area is 101 Å². The number of hydrogen-bond donors (Lipinski definition) is 1. The molecule has 1 unspecified atom stereocenters. The number of carbonyl (C=O) groups is 2. The molecular formula is C13H17NO3. The predicted octanol–water partition coefficient (Wildman–Crippen LogP) is 2.58. The van der Waals surface area contributed by atoms with Gasteiger partial charge in [0.05, 0.1) is 0 Å². The average Bonchev–Trinajstić information content (AvgIpc) is 2.34. The number of hydrogen-bond acceptors (Lipinski definition) is 3. The Morgan fingerprint density at radius 3 is 2.47 bits per heavy atom. The highest BCUT2D eigenvalue weighted by molar-refractivity contribution is 5.86. The third-order valence-electron chi connectivity index (χ3n) is 2.41. The van der Waals surface area contributed by atoms with Gasteiger partial charge in [0.2, 0.25) is 0 Å². The van der Waals surface area contributed by atoms with E-state index in [1.165, 1.54) is 0 Å². The smallest absolute Gasteiger partial charge is 0.405 e. The molecule has 0 saturated heterocycles. The number of ether oxygens (including phenoxy) is 1. The van der Waals surface area contributed by atoms with Crippen LogP contribution in [0.15, 0.2) is 30.3 Å². The summed E-state index contributed by atoms with van der Waals surface area (Å²) >= 11 is 0. The molecule has 0 aliphatic heterocycles. The molecule has 0 heterocycles. The Bertz CT molecular complexity index is 376. The minimum Gasteiger partial charge on any atom is -0.433 e. The van der Waals surface area contributed by atoms with Crippen LogP contribution in [-0.2, 0) is 9.53 Å². The highest BCUT2D eigenvalue weighted by Crippen LogP contribution is 2.20. The van der Waals surface area contributed by atoms with Crippen molar-refractivity contribution < 1.29 is 14.3 Å². The van der Waals surface area contributed by atoms with E-state index in [0.29, 0.717) is 12.0 Å². The number of primary amides is 1. The molecule has 1 aromatic carbocycles. The maximum atomic E-state index is 11.9. The highest BCUT2D eigenvalue weighted by atomic mass is 16.6. The summed E-state index contributed by atoms with van der Waals surface area (Å²) in [6, 6.07) is 8.91. The number of amides is 1. The molecule has 0 saturated carbocycles. The Morgan fingerprint density at radius 2 is 1.94 bits per heavy atom. The molecule has 0 fully saturated rings. The minimum atomic E-state index is -0.927. The Hall–Kier alpha value is -1.84. The number of benzene rings is 1. The summed E-state index contributed by atoms with van der Waals surface area (Å²) in [6.45, 7) is 2.00. The Morgan fingerprint density at radius 1 is 1.29 bits per heavy atom. The van der Waals surface area contributed by atoms with Crippen LogP contribution < -0.4 is 5.73 Å². The molecule has 0 aliphatic rings. The summed E-state index contributed by atoms with van der Waals surface area (Å²) in [7, 11) is 0. The Balaban J connectivity index is 2.80.